The molecule has 0 radical (unpaired) electrons. The van der Waals surface area contributed by atoms with Crippen molar-refractivity contribution >= 4 is 28.9 Å². The Morgan fingerprint density at radius 3 is 2.88 bits per heavy atom. The van der Waals surface area contributed by atoms with E-state index in [9.17, 15) is 4.79 Å². The normalized spacial score (nSPS) is 19.3. The lowest BCUT2D eigenvalue weighted by Gasteiger charge is -2.36. The van der Waals surface area contributed by atoms with E-state index in [1.54, 1.807) is 0 Å². The lowest BCUT2D eigenvalue weighted by Crippen LogP contribution is -2.40. The number of allylic oxidation sites excluding steroid dienone is 1. The summed E-state index contributed by atoms with van der Waals surface area (Å²) >= 11 is 5.29. The number of piperidine rings is 1. The number of carbonyl (C=O) groups is 1. The molecule has 1 aromatic carbocycles. The Balaban J connectivity index is 1.29. The molecular formula is C21H29N3OS. The number of fused-ring (bicyclic) bond motifs is 1. The fourth-order valence-corrected chi connectivity index (χ4v) is 4.03. The highest BCUT2D eigenvalue weighted by molar-refractivity contribution is 7.80. The second-order valence-corrected chi connectivity index (χ2v) is 7.62. The molecule has 4 nitrogen and oxygen atoms in total. The molecular weight excluding hydrogens is 342 g/mol. The van der Waals surface area contributed by atoms with Gasteiger partial charge in [-0.05, 0) is 68.8 Å². The molecule has 2 N–H and O–H groups in total. The van der Waals surface area contributed by atoms with Gasteiger partial charge in [0.05, 0.1) is 0 Å². The van der Waals surface area contributed by atoms with Gasteiger partial charge < -0.3 is 15.5 Å². The van der Waals surface area contributed by atoms with Crippen LogP contribution in [0.25, 0.3) is 0 Å². The molecule has 26 heavy (non-hydrogen) atoms. The summed E-state index contributed by atoms with van der Waals surface area (Å²) in [6.45, 7) is 2.59. The zero-order valence-corrected chi connectivity index (χ0v) is 16.2. The zero-order chi connectivity index (χ0) is 18.2. The molecule has 1 atom stereocenters. The van der Waals surface area contributed by atoms with Crippen molar-refractivity contribution in [3.05, 3.63) is 42.0 Å². The highest BCUT2D eigenvalue weighted by Crippen LogP contribution is 2.32. The van der Waals surface area contributed by atoms with Crippen LogP contribution in [-0.4, -0.2) is 35.6 Å². The lowest BCUT2D eigenvalue weighted by molar-refractivity contribution is -0.131. The van der Waals surface area contributed by atoms with E-state index in [1.165, 1.54) is 24.8 Å². The minimum atomic E-state index is 0.305. The number of unbranched alkanes of at least 4 members (excludes halogenated alkanes) is 1. The zero-order valence-electron chi connectivity index (χ0n) is 15.4. The first kappa shape index (κ1) is 18.9. The summed E-state index contributed by atoms with van der Waals surface area (Å²) in [6.07, 6.45) is 9.83. The maximum atomic E-state index is 12.5. The van der Waals surface area contributed by atoms with Crippen LogP contribution < -0.4 is 10.6 Å². The van der Waals surface area contributed by atoms with Crippen molar-refractivity contribution in [3.8, 4) is 0 Å². The molecule has 1 fully saturated rings. The van der Waals surface area contributed by atoms with Crippen LogP contribution in [0.1, 0.15) is 44.9 Å². The van der Waals surface area contributed by atoms with Crippen LogP contribution in [0.4, 0.5) is 5.69 Å². The fraction of sp³-hybridized carbons (Fsp3) is 0.524. The van der Waals surface area contributed by atoms with E-state index in [0.717, 1.165) is 50.5 Å². The van der Waals surface area contributed by atoms with Crippen LogP contribution in [-0.2, 0) is 4.79 Å². The molecule has 140 valence electrons. The van der Waals surface area contributed by atoms with Crippen molar-refractivity contribution in [2.24, 2.45) is 5.92 Å². The van der Waals surface area contributed by atoms with Crippen molar-refractivity contribution in [1.82, 2.24) is 10.2 Å². The predicted molar refractivity (Wildman–Crippen MR) is 111 cm³/mol. The molecule has 1 heterocycles. The fourth-order valence-electron chi connectivity index (χ4n) is 3.81. The number of carbonyl (C=O) groups excluding carboxylic acids is 1. The first-order valence-corrected chi connectivity index (χ1v) is 10.2. The first-order valence-electron chi connectivity index (χ1n) is 9.79. The maximum Gasteiger partial charge on any atom is 0.222 e. The Labute approximate surface area is 162 Å². The molecule has 1 unspecified atom stereocenters. The van der Waals surface area contributed by atoms with E-state index in [0.29, 0.717) is 17.4 Å². The van der Waals surface area contributed by atoms with Gasteiger partial charge in [0.15, 0.2) is 5.11 Å². The van der Waals surface area contributed by atoms with Gasteiger partial charge in [0.2, 0.25) is 5.91 Å². The molecule has 0 aromatic heterocycles. The first-order chi connectivity index (χ1) is 12.7. The van der Waals surface area contributed by atoms with E-state index in [-0.39, 0.29) is 0 Å². The van der Waals surface area contributed by atoms with Gasteiger partial charge in [-0.1, -0.05) is 29.8 Å². The third-order valence-electron chi connectivity index (χ3n) is 5.30. The van der Waals surface area contributed by atoms with Gasteiger partial charge in [0.1, 0.15) is 0 Å². The van der Waals surface area contributed by atoms with Crippen molar-refractivity contribution in [1.29, 1.82) is 0 Å². The SMILES string of the molecule is O=C(CCCCNC(=S)Nc1ccccc1)N1CCC2CCCC=C2C1. The van der Waals surface area contributed by atoms with E-state index >= 15 is 0 Å². The number of rotatable bonds is 6. The summed E-state index contributed by atoms with van der Waals surface area (Å²) < 4.78 is 0. The largest absolute Gasteiger partial charge is 0.362 e. The highest BCUT2D eigenvalue weighted by Gasteiger charge is 2.27. The Hall–Kier alpha value is -1.88. The van der Waals surface area contributed by atoms with Crippen molar-refractivity contribution in [2.45, 2.75) is 44.9 Å². The molecule has 1 aliphatic heterocycles. The number of nitrogens with zero attached hydrogens (tertiary/aromatic N) is 1. The molecule has 1 aromatic rings. The molecule has 1 aliphatic carbocycles. The van der Waals surface area contributed by atoms with Gasteiger partial charge in [0.25, 0.3) is 0 Å². The minimum Gasteiger partial charge on any atom is -0.362 e. The van der Waals surface area contributed by atoms with E-state index in [4.69, 9.17) is 12.2 Å². The van der Waals surface area contributed by atoms with Crippen LogP contribution >= 0.6 is 12.2 Å². The summed E-state index contributed by atoms with van der Waals surface area (Å²) in [7, 11) is 0. The number of thiocarbonyl (C=S) groups is 1. The number of hydrogen-bond acceptors (Lipinski definition) is 2. The topological polar surface area (TPSA) is 44.4 Å². The molecule has 0 saturated carbocycles. The lowest BCUT2D eigenvalue weighted by atomic mass is 9.82. The van der Waals surface area contributed by atoms with Crippen molar-refractivity contribution < 1.29 is 4.79 Å². The third-order valence-corrected chi connectivity index (χ3v) is 5.54. The number of para-hydroxylation sites is 1. The average Bonchev–Trinajstić information content (AvgIpc) is 2.68. The van der Waals surface area contributed by atoms with Gasteiger partial charge >= 0.3 is 0 Å². The second kappa shape index (κ2) is 9.72. The van der Waals surface area contributed by atoms with Crippen molar-refractivity contribution in [3.63, 3.8) is 0 Å². The third kappa shape index (κ3) is 5.56. The highest BCUT2D eigenvalue weighted by atomic mass is 32.1. The Morgan fingerprint density at radius 1 is 1.19 bits per heavy atom. The number of anilines is 1. The van der Waals surface area contributed by atoms with Gasteiger partial charge in [0, 0.05) is 31.7 Å². The number of likely N-dealkylation sites (tertiary alicyclic amines) is 1. The van der Waals surface area contributed by atoms with Crippen LogP contribution in [0, 0.1) is 5.92 Å². The predicted octanol–water partition coefficient (Wildman–Crippen LogP) is 4.10. The summed E-state index contributed by atoms with van der Waals surface area (Å²) in [5.41, 5.74) is 2.50. The second-order valence-electron chi connectivity index (χ2n) is 7.21. The van der Waals surface area contributed by atoms with Gasteiger partial charge in [-0.15, -0.1) is 0 Å². The van der Waals surface area contributed by atoms with Crippen molar-refractivity contribution in [2.75, 3.05) is 25.0 Å². The minimum absolute atomic E-state index is 0.305. The average molecular weight is 372 g/mol. The molecule has 0 spiro atoms. The summed E-state index contributed by atoms with van der Waals surface area (Å²) in [4.78, 5) is 14.5. The summed E-state index contributed by atoms with van der Waals surface area (Å²) in [5.74, 6) is 1.05. The van der Waals surface area contributed by atoms with E-state index in [2.05, 4.69) is 21.6 Å². The standard InChI is InChI=1S/C21H29N3OS/c25-20(24-15-13-17-8-4-5-9-18(17)16-24)12-6-7-14-22-21(26)23-19-10-2-1-3-11-19/h1-3,9-11,17H,4-8,12-16H2,(H2,22,23,26). The van der Waals surface area contributed by atoms with Gasteiger partial charge in [-0.3, -0.25) is 4.79 Å². The Kier molecular flexibility index (Phi) is 7.06. The number of hydrogen-bond donors (Lipinski definition) is 2. The van der Waals surface area contributed by atoms with Crippen LogP contribution in [0.5, 0.6) is 0 Å². The molecule has 3 rings (SSSR count). The summed E-state index contributed by atoms with van der Waals surface area (Å²) in [5, 5.41) is 7.00. The van der Waals surface area contributed by atoms with Gasteiger partial charge in [-0.25, -0.2) is 0 Å². The monoisotopic (exact) mass is 371 g/mol. The number of amides is 1. The molecule has 1 saturated heterocycles. The van der Waals surface area contributed by atoms with Crippen LogP contribution in [0.2, 0.25) is 0 Å². The molecule has 0 bridgehead atoms. The summed E-state index contributed by atoms with van der Waals surface area (Å²) in [6, 6.07) is 9.90. The molecule has 1 amide bonds. The smallest absolute Gasteiger partial charge is 0.222 e. The Morgan fingerprint density at radius 2 is 2.04 bits per heavy atom. The quantitative estimate of drug-likeness (QED) is 0.449. The van der Waals surface area contributed by atoms with Gasteiger partial charge in [-0.2, -0.15) is 0 Å². The maximum absolute atomic E-state index is 12.5. The van der Waals surface area contributed by atoms with E-state index in [1.807, 2.05) is 30.3 Å². The molecule has 2 aliphatic rings. The number of benzene rings is 1. The molecule has 5 heteroatoms. The number of nitrogens with one attached hydrogen (secondary N) is 2. The van der Waals surface area contributed by atoms with Crippen LogP contribution in [0.3, 0.4) is 0 Å². The van der Waals surface area contributed by atoms with Crippen LogP contribution in [0.15, 0.2) is 42.0 Å². The van der Waals surface area contributed by atoms with E-state index < -0.39 is 0 Å². The Bertz CT molecular complexity index is 644.